The predicted molar refractivity (Wildman–Crippen MR) is 113 cm³/mol. The van der Waals surface area contributed by atoms with Crippen molar-refractivity contribution in [3.63, 3.8) is 0 Å². The van der Waals surface area contributed by atoms with Gasteiger partial charge in [-0.1, -0.05) is 16.8 Å². The lowest BCUT2D eigenvalue weighted by atomic mass is 10.0. The van der Waals surface area contributed by atoms with Gasteiger partial charge in [-0.3, -0.25) is 9.48 Å². The number of carbonyl (C=O) groups excluding carboxylic acids is 3. The van der Waals surface area contributed by atoms with E-state index in [1.807, 2.05) is 0 Å². The van der Waals surface area contributed by atoms with E-state index in [4.69, 9.17) is 0 Å². The Morgan fingerprint density at radius 1 is 1.19 bits per heavy atom. The quantitative estimate of drug-likeness (QED) is 0.389. The fourth-order valence-electron chi connectivity index (χ4n) is 3.09. The molecule has 17 heteroatoms. The highest BCUT2D eigenvalue weighted by molar-refractivity contribution is 8.14. The van der Waals surface area contributed by atoms with E-state index in [1.54, 1.807) is 10.9 Å². The van der Waals surface area contributed by atoms with E-state index in [9.17, 15) is 40.7 Å². The molecule has 1 aliphatic heterocycles. The Balaban J connectivity index is 1.99. The minimum absolute atomic E-state index is 0.124. The largest absolute Gasteiger partial charge is 0.492 e. The Bertz CT molecular complexity index is 1130. The van der Waals surface area contributed by atoms with Crippen LogP contribution in [0.4, 0.5) is 26.3 Å². The van der Waals surface area contributed by atoms with E-state index in [-0.39, 0.29) is 29.3 Å². The third kappa shape index (κ3) is 7.30. The molecule has 0 radical (unpaired) electrons. The van der Waals surface area contributed by atoms with Crippen LogP contribution in [-0.4, -0.2) is 67.3 Å². The van der Waals surface area contributed by atoms with Gasteiger partial charge in [0.2, 0.25) is 6.23 Å². The molecule has 0 aliphatic carbocycles. The maximum absolute atomic E-state index is 12.9. The molecule has 0 saturated carbocycles. The summed E-state index contributed by atoms with van der Waals surface area (Å²) in [5, 5.41) is 4.80. The molecule has 196 valence electrons. The third-order valence-corrected chi connectivity index (χ3v) is 6.26. The van der Waals surface area contributed by atoms with Crippen molar-refractivity contribution in [2.24, 2.45) is 0 Å². The van der Waals surface area contributed by atoms with Crippen LogP contribution < -0.4 is 0 Å². The number of hydrogen-bond acceptors (Lipinski definition) is 10. The number of ether oxygens (including phenoxy) is 1. The van der Waals surface area contributed by atoms with E-state index < -0.39 is 47.4 Å². The molecule has 1 fully saturated rings. The number of esters is 1. The van der Waals surface area contributed by atoms with E-state index in [0.29, 0.717) is 17.5 Å². The van der Waals surface area contributed by atoms with Crippen LogP contribution >= 0.6 is 23.1 Å². The van der Waals surface area contributed by atoms with Crippen molar-refractivity contribution in [1.29, 1.82) is 0 Å². The summed E-state index contributed by atoms with van der Waals surface area (Å²) in [6.45, 7) is 0.871. The first kappa shape index (κ1) is 27.7. The third-order valence-electron chi connectivity index (χ3n) is 4.50. The highest BCUT2D eigenvalue weighted by atomic mass is 32.2. The van der Waals surface area contributed by atoms with Crippen molar-refractivity contribution in [2.75, 3.05) is 6.54 Å². The summed E-state index contributed by atoms with van der Waals surface area (Å²) in [7, 11) is 0. The summed E-state index contributed by atoms with van der Waals surface area (Å²) in [5.41, 5.74) is 2.18. The number of nitrogens with zero attached hydrogens (tertiary/aromatic N) is 4. The monoisotopic (exact) mass is 558 g/mol. The molecule has 0 spiro atoms. The second-order valence-corrected chi connectivity index (χ2v) is 9.32. The first-order valence-corrected chi connectivity index (χ1v) is 11.7. The topological polar surface area (TPSA) is 104 Å². The van der Waals surface area contributed by atoms with E-state index in [1.165, 1.54) is 41.3 Å². The van der Waals surface area contributed by atoms with Gasteiger partial charge in [-0.15, -0.1) is 11.3 Å². The van der Waals surface area contributed by atoms with Crippen LogP contribution in [0.1, 0.15) is 24.7 Å². The zero-order chi connectivity index (χ0) is 26.7. The smallest absolute Gasteiger partial charge is 0.433 e. The van der Waals surface area contributed by atoms with Gasteiger partial charge in [-0.2, -0.15) is 31.4 Å². The van der Waals surface area contributed by atoms with Gasteiger partial charge < -0.3 is 9.57 Å². The van der Waals surface area contributed by atoms with Gasteiger partial charge in [0.1, 0.15) is 0 Å². The molecule has 2 aromatic rings. The molecule has 2 atom stereocenters. The zero-order valence-electron chi connectivity index (χ0n) is 18.1. The zero-order valence-corrected chi connectivity index (χ0v) is 19.7. The lowest BCUT2D eigenvalue weighted by Gasteiger charge is -2.38. The van der Waals surface area contributed by atoms with Crippen LogP contribution in [0.3, 0.4) is 0 Å². The predicted octanol–water partition coefficient (Wildman–Crippen LogP) is 3.58. The molecular weight excluding hydrogens is 542 g/mol. The summed E-state index contributed by atoms with van der Waals surface area (Å²) in [5.74, 6) is -5.45. The number of piperidine rings is 1. The average molecular weight is 558 g/mol. The van der Waals surface area contributed by atoms with Gasteiger partial charge in [-0.05, 0) is 18.6 Å². The number of carbonyl (C=O) groups is 3. The van der Waals surface area contributed by atoms with Crippen molar-refractivity contribution in [2.45, 2.75) is 43.7 Å². The van der Waals surface area contributed by atoms with E-state index in [0.717, 1.165) is 0 Å². The van der Waals surface area contributed by atoms with Crippen molar-refractivity contribution in [1.82, 2.24) is 19.8 Å². The van der Waals surface area contributed by atoms with Crippen molar-refractivity contribution in [3.05, 3.63) is 40.1 Å². The number of halogens is 6. The lowest BCUT2D eigenvalue weighted by molar-refractivity contribution is -0.274. The van der Waals surface area contributed by atoms with Gasteiger partial charge in [0.05, 0.1) is 23.4 Å². The van der Waals surface area contributed by atoms with E-state index >= 15 is 0 Å². The number of hydroxylamine groups is 2. The summed E-state index contributed by atoms with van der Waals surface area (Å²) < 4.78 is 83.0. The second-order valence-electron chi connectivity index (χ2n) is 7.22. The van der Waals surface area contributed by atoms with Crippen LogP contribution in [0.15, 0.2) is 28.7 Å². The van der Waals surface area contributed by atoms with Crippen LogP contribution in [-0.2, 0) is 30.5 Å². The van der Waals surface area contributed by atoms with Crippen LogP contribution in [0.25, 0.3) is 6.08 Å². The van der Waals surface area contributed by atoms with Crippen molar-refractivity contribution >= 4 is 46.2 Å². The Hall–Kier alpha value is -2.92. The van der Waals surface area contributed by atoms with Crippen LogP contribution in [0.5, 0.6) is 0 Å². The molecule has 0 amide bonds. The van der Waals surface area contributed by atoms with E-state index in [2.05, 4.69) is 19.7 Å². The first-order chi connectivity index (χ1) is 16.7. The second kappa shape index (κ2) is 11.0. The van der Waals surface area contributed by atoms with Crippen LogP contribution in [0, 0.1) is 0 Å². The summed E-state index contributed by atoms with van der Waals surface area (Å²) in [6.07, 6.45) is -10.6. The summed E-state index contributed by atoms with van der Waals surface area (Å²) in [4.78, 5) is 43.1. The molecule has 0 aromatic carbocycles. The van der Waals surface area contributed by atoms with Crippen LogP contribution in [0.2, 0.25) is 0 Å². The molecule has 3 heterocycles. The maximum atomic E-state index is 12.9. The molecule has 1 aliphatic rings. The highest BCUT2D eigenvalue weighted by Gasteiger charge is 2.49. The minimum atomic E-state index is -5.50. The van der Waals surface area contributed by atoms with Gasteiger partial charge in [0, 0.05) is 35.9 Å². The first-order valence-electron chi connectivity index (χ1n) is 9.87. The van der Waals surface area contributed by atoms with Crippen molar-refractivity contribution in [3.8, 4) is 0 Å². The number of alkyl halides is 6. The van der Waals surface area contributed by atoms with Gasteiger partial charge in [0.25, 0.3) is 0 Å². The molecule has 9 nitrogen and oxygen atoms in total. The summed E-state index contributed by atoms with van der Waals surface area (Å²) >= 11 is 2.01. The average Bonchev–Trinajstić information content (AvgIpc) is 3.42. The Morgan fingerprint density at radius 2 is 1.89 bits per heavy atom. The number of rotatable bonds is 6. The highest BCUT2D eigenvalue weighted by Crippen LogP contribution is 2.36. The molecule has 2 unspecified atom stereocenters. The van der Waals surface area contributed by atoms with Gasteiger partial charge in [-0.25, -0.2) is 14.6 Å². The molecule has 36 heavy (non-hydrogen) atoms. The Kier molecular flexibility index (Phi) is 8.45. The normalized spacial score (nSPS) is 20.4. The fourth-order valence-corrected chi connectivity index (χ4v) is 4.58. The molecule has 3 rings (SSSR count). The number of aromatic nitrogens is 3. The van der Waals surface area contributed by atoms with Gasteiger partial charge >= 0.3 is 24.3 Å². The number of thiazole rings is 1. The molecule has 0 N–H and O–H groups in total. The minimum Gasteiger partial charge on any atom is -0.433 e. The SMILES string of the molecule is CC(=O)SC1CCN(OC(=O)C(F)(F)F)C(OC(=O)C(F)(F)F)/C1=C\c1ccn(Cc2cscn2)n1. The lowest BCUT2D eigenvalue weighted by Crippen LogP contribution is -2.51. The maximum Gasteiger partial charge on any atom is 0.492 e. The van der Waals surface area contributed by atoms with Gasteiger partial charge in [0.15, 0.2) is 5.12 Å². The Labute approximate surface area is 207 Å². The number of hydrogen-bond donors (Lipinski definition) is 0. The standard InChI is InChI=1S/C19H16F6N4O5S2/c1-10(30)36-14-3-5-29(34-17(32)19(23,24)25)15(33-16(31)18(20,21)22)13(14)6-11-2-4-28(27-11)7-12-8-35-9-26-12/h2,4,6,8-9,14-15H,3,5,7H2,1H3/b13-6-. The fraction of sp³-hybridized carbons (Fsp3) is 0.421. The van der Waals surface area contributed by atoms with Crippen molar-refractivity contribution < 1.29 is 50.3 Å². The molecule has 1 saturated heterocycles. The molecular formula is C19H16F6N4O5S2. The number of thioether (sulfide) groups is 1. The summed E-state index contributed by atoms with van der Waals surface area (Å²) in [6, 6.07) is 1.44. The molecule has 0 bridgehead atoms. The Morgan fingerprint density at radius 3 is 2.47 bits per heavy atom. The molecule has 2 aromatic heterocycles.